The molecule has 0 aromatic carbocycles. The van der Waals surface area contributed by atoms with E-state index in [1.807, 2.05) is 32.2 Å². The van der Waals surface area contributed by atoms with Crippen LogP contribution >= 0.6 is 0 Å². The second-order valence-electron chi connectivity index (χ2n) is 5.49. The predicted molar refractivity (Wildman–Crippen MR) is 86.3 cm³/mol. The molecule has 0 atom stereocenters. The van der Waals surface area contributed by atoms with Gasteiger partial charge < -0.3 is 5.32 Å². The quantitative estimate of drug-likeness (QED) is 0.707. The van der Waals surface area contributed by atoms with E-state index < -0.39 is 0 Å². The smallest absolute Gasteiger partial charge is 0.347 e. The van der Waals surface area contributed by atoms with Gasteiger partial charge in [0, 0.05) is 24.6 Å². The first kappa shape index (κ1) is 14.3. The summed E-state index contributed by atoms with van der Waals surface area (Å²) in [4.78, 5) is 15.9. The zero-order chi connectivity index (χ0) is 15.5. The van der Waals surface area contributed by atoms with Crippen molar-refractivity contribution in [3.05, 3.63) is 57.9 Å². The maximum absolute atomic E-state index is 11.6. The normalized spacial score (nSPS) is 11.0. The average Bonchev–Trinajstić information content (AvgIpc) is 2.87. The molecule has 22 heavy (non-hydrogen) atoms. The van der Waals surface area contributed by atoms with Gasteiger partial charge in [0.15, 0.2) is 5.65 Å². The van der Waals surface area contributed by atoms with Crippen molar-refractivity contribution in [2.24, 2.45) is 0 Å². The fraction of sp³-hybridized carbons (Fsp3) is 0.312. The molecule has 0 aliphatic heterocycles. The third-order valence-electron chi connectivity index (χ3n) is 3.58. The number of aromatic amines is 1. The number of hydrogen-bond acceptors (Lipinski definition) is 4. The van der Waals surface area contributed by atoms with E-state index >= 15 is 0 Å². The van der Waals surface area contributed by atoms with Crippen LogP contribution in [0.5, 0.6) is 0 Å². The Morgan fingerprint density at radius 2 is 2.18 bits per heavy atom. The Balaban J connectivity index is 1.64. The molecule has 0 saturated heterocycles. The number of aromatic nitrogens is 4. The Hall–Kier alpha value is -2.63. The Morgan fingerprint density at radius 3 is 2.95 bits per heavy atom. The summed E-state index contributed by atoms with van der Waals surface area (Å²) in [6, 6.07) is 6.15. The first-order valence-electron chi connectivity index (χ1n) is 7.36. The Kier molecular flexibility index (Phi) is 3.91. The van der Waals surface area contributed by atoms with Gasteiger partial charge in [-0.25, -0.2) is 14.3 Å². The molecule has 0 amide bonds. The van der Waals surface area contributed by atoms with E-state index in [1.165, 1.54) is 9.96 Å². The maximum atomic E-state index is 11.6. The van der Waals surface area contributed by atoms with Crippen molar-refractivity contribution in [2.45, 2.75) is 26.7 Å². The van der Waals surface area contributed by atoms with Crippen LogP contribution < -0.4 is 11.0 Å². The van der Waals surface area contributed by atoms with E-state index in [0.29, 0.717) is 5.65 Å². The Labute approximate surface area is 128 Å². The summed E-state index contributed by atoms with van der Waals surface area (Å²) in [5.41, 5.74) is 4.58. The van der Waals surface area contributed by atoms with E-state index in [2.05, 4.69) is 26.6 Å². The average molecular weight is 297 g/mol. The highest BCUT2D eigenvalue weighted by atomic mass is 16.1. The van der Waals surface area contributed by atoms with Crippen LogP contribution in [0.2, 0.25) is 0 Å². The number of anilines is 1. The third-order valence-corrected chi connectivity index (χ3v) is 3.58. The van der Waals surface area contributed by atoms with Gasteiger partial charge in [0.05, 0.1) is 5.69 Å². The molecule has 2 N–H and O–H groups in total. The number of aryl methyl sites for hydroxylation is 3. The lowest BCUT2D eigenvalue weighted by atomic mass is 10.1. The molecule has 6 nitrogen and oxygen atoms in total. The van der Waals surface area contributed by atoms with Gasteiger partial charge in [0.1, 0.15) is 0 Å². The van der Waals surface area contributed by atoms with E-state index in [-0.39, 0.29) is 5.69 Å². The second-order valence-corrected chi connectivity index (χ2v) is 5.49. The summed E-state index contributed by atoms with van der Waals surface area (Å²) in [7, 11) is 0. The molecule has 0 fully saturated rings. The lowest BCUT2D eigenvalue weighted by Gasteiger charge is -2.08. The van der Waals surface area contributed by atoms with Gasteiger partial charge in [-0.1, -0.05) is 6.07 Å². The first-order chi connectivity index (χ1) is 10.6. The van der Waals surface area contributed by atoms with Crippen LogP contribution in [0.4, 0.5) is 5.69 Å². The molecule has 0 bridgehead atoms. The topological polar surface area (TPSA) is 75.1 Å². The number of nitrogens with one attached hydrogen (secondary N) is 2. The number of pyridine rings is 2. The monoisotopic (exact) mass is 297 g/mol. The lowest BCUT2D eigenvalue weighted by molar-refractivity contribution is 0.856. The summed E-state index contributed by atoms with van der Waals surface area (Å²) >= 11 is 0. The van der Waals surface area contributed by atoms with Gasteiger partial charge in [-0.15, -0.1) is 0 Å². The van der Waals surface area contributed by atoms with Crippen molar-refractivity contribution in [1.82, 2.24) is 19.6 Å². The maximum Gasteiger partial charge on any atom is 0.347 e. The van der Waals surface area contributed by atoms with Crippen molar-refractivity contribution in [3.63, 3.8) is 0 Å². The molecule has 0 radical (unpaired) electrons. The molecular formula is C16H19N5O. The summed E-state index contributed by atoms with van der Waals surface area (Å²) in [5.74, 6) is 0. The van der Waals surface area contributed by atoms with E-state index in [1.54, 1.807) is 6.20 Å². The third kappa shape index (κ3) is 3.00. The van der Waals surface area contributed by atoms with Crippen molar-refractivity contribution < 1.29 is 0 Å². The minimum absolute atomic E-state index is 0.215. The number of nitrogens with zero attached hydrogens (tertiary/aromatic N) is 3. The molecule has 0 aliphatic carbocycles. The van der Waals surface area contributed by atoms with Crippen molar-refractivity contribution >= 4 is 11.3 Å². The zero-order valence-electron chi connectivity index (χ0n) is 12.8. The number of fused-ring (bicyclic) bond motifs is 1. The van der Waals surface area contributed by atoms with Gasteiger partial charge >= 0.3 is 5.69 Å². The molecule has 3 rings (SSSR count). The SMILES string of the molecule is Cc1cc(NCCCc2ccc(C)nc2)c2n[nH]c(=O)n2c1. The largest absolute Gasteiger partial charge is 0.382 e. The fourth-order valence-electron chi connectivity index (χ4n) is 2.44. The molecule has 0 saturated carbocycles. The molecule has 3 aromatic heterocycles. The number of H-pyrrole nitrogens is 1. The predicted octanol–water partition coefficient (Wildman–Crippen LogP) is 2.08. The molecule has 3 heterocycles. The van der Waals surface area contributed by atoms with Gasteiger partial charge in [0.25, 0.3) is 0 Å². The molecule has 0 aliphatic rings. The van der Waals surface area contributed by atoms with Crippen molar-refractivity contribution in [2.75, 3.05) is 11.9 Å². The van der Waals surface area contributed by atoms with Gasteiger partial charge in [-0.05, 0) is 49.9 Å². The summed E-state index contributed by atoms with van der Waals surface area (Å²) < 4.78 is 1.53. The first-order valence-corrected chi connectivity index (χ1v) is 7.36. The Bertz CT molecular complexity index is 832. The van der Waals surface area contributed by atoms with Crippen LogP contribution in [-0.2, 0) is 6.42 Å². The zero-order valence-corrected chi connectivity index (χ0v) is 12.8. The number of hydrogen-bond donors (Lipinski definition) is 2. The highest BCUT2D eigenvalue weighted by molar-refractivity contribution is 5.67. The van der Waals surface area contributed by atoms with Gasteiger partial charge in [-0.2, -0.15) is 5.10 Å². The van der Waals surface area contributed by atoms with Crippen LogP contribution in [0.3, 0.4) is 0 Å². The summed E-state index contributed by atoms with van der Waals surface area (Å²) in [6.45, 7) is 4.76. The van der Waals surface area contributed by atoms with Crippen molar-refractivity contribution in [3.8, 4) is 0 Å². The summed E-state index contributed by atoms with van der Waals surface area (Å²) in [5, 5.41) is 9.89. The highest BCUT2D eigenvalue weighted by Crippen LogP contribution is 2.15. The van der Waals surface area contributed by atoms with Gasteiger partial charge in [0.2, 0.25) is 0 Å². The van der Waals surface area contributed by atoms with E-state index in [9.17, 15) is 4.79 Å². The van der Waals surface area contributed by atoms with Gasteiger partial charge in [-0.3, -0.25) is 4.98 Å². The Morgan fingerprint density at radius 1 is 1.32 bits per heavy atom. The summed E-state index contributed by atoms with van der Waals surface area (Å²) in [6.07, 6.45) is 5.66. The molecular weight excluding hydrogens is 278 g/mol. The molecule has 0 spiro atoms. The standard InChI is InChI=1S/C16H19N5O/c1-11-8-14(15-19-20-16(22)21(15)10-11)17-7-3-4-13-6-5-12(2)18-9-13/h5-6,8-10,17H,3-4,7H2,1-2H3,(H,20,22). The van der Waals surface area contributed by atoms with Crippen LogP contribution in [0.15, 0.2) is 35.4 Å². The number of rotatable bonds is 5. The lowest BCUT2D eigenvalue weighted by Crippen LogP contribution is -2.11. The second kappa shape index (κ2) is 6.01. The van der Waals surface area contributed by atoms with E-state index in [0.717, 1.165) is 36.3 Å². The van der Waals surface area contributed by atoms with Crippen LogP contribution in [-0.4, -0.2) is 26.1 Å². The fourth-order valence-corrected chi connectivity index (χ4v) is 2.44. The van der Waals surface area contributed by atoms with E-state index in [4.69, 9.17) is 0 Å². The molecule has 3 aromatic rings. The van der Waals surface area contributed by atoms with Crippen LogP contribution in [0, 0.1) is 13.8 Å². The van der Waals surface area contributed by atoms with Crippen LogP contribution in [0.25, 0.3) is 5.65 Å². The highest BCUT2D eigenvalue weighted by Gasteiger charge is 2.06. The van der Waals surface area contributed by atoms with Crippen LogP contribution in [0.1, 0.15) is 23.2 Å². The molecule has 0 unspecified atom stereocenters. The minimum Gasteiger partial charge on any atom is -0.382 e. The molecule has 114 valence electrons. The molecule has 6 heteroatoms. The minimum atomic E-state index is -0.215. The van der Waals surface area contributed by atoms with Crippen molar-refractivity contribution in [1.29, 1.82) is 0 Å².